The Hall–Kier alpha value is -2.80. The number of rotatable bonds is 9. The first-order chi connectivity index (χ1) is 12.8. The molecular formula is C20H21FN2O3S. The number of aryl methyl sites for hydroxylation is 1. The number of nitrogens with one attached hydrogen (secondary N) is 1. The van der Waals surface area contributed by atoms with Crippen molar-refractivity contribution in [3.05, 3.63) is 65.5 Å². The predicted octanol–water partition coefficient (Wildman–Crippen LogP) is 2.70. The van der Waals surface area contributed by atoms with Crippen LogP contribution in [0.3, 0.4) is 0 Å². The second kappa shape index (κ2) is 9.78. The molecule has 3 N–H and O–H groups in total. The summed E-state index contributed by atoms with van der Waals surface area (Å²) in [6.07, 6.45) is 0.688. The molecule has 0 spiro atoms. The summed E-state index contributed by atoms with van der Waals surface area (Å²) in [7, 11) is 0. The first kappa shape index (κ1) is 20.5. The van der Waals surface area contributed by atoms with Crippen LogP contribution in [0, 0.1) is 5.82 Å². The van der Waals surface area contributed by atoms with Crippen LogP contribution in [-0.2, 0) is 22.6 Å². The zero-order valence-corrected chi connectivity index (χ0v) is 15.7. The highest BCUT2D eigenvalue weighted by atomic mass is 32.1. The molecule has 142 valence electrons. The first-order valence-corrected chi connectivity index (χ1v) is 8.81. The zero-order chi connectivity index (χ0) is 19.8. The number of nitrogens with two attached hydrogens (primary N) is 1. The van der Waals surface area contributed by atoms with Gasteiger partial charge in [0.05, 0.1) is 0 Å². The molecule has 0 aliphatic rings. The summed E-state index contributed by atoms with van der Waals surface area (Å²) >= 11 is 4.84. The van der Waals surface area contributed by atoms with E-state index in [1.54, 1.807) is 24.3 Å². The monoisotopic (exact) mass is 388 g/mol. The number of hydrogen-bond acceptors (Lipinski definition) is 4. The summed E-state index contributed by atoms with van der Waals surface area (Å²) in [4.78, 5) is 23.3. The van der Waals surface area contributed by atoms with Crippen molar-refractivity contribution in [3.63, 3.8) is 0 Å². The Balaban J connectivity index is 1.86. The van der Waals surface area contributed by atoms with E-state index < -0.39 is 6.04 Å². The number of halogens is 1. The van der Waals surface area contributed by atoms with E-state index in [4.69, 9.17) is 22.7 Å². The topological polar surface area (TPSA) is 81.4 Å². The van der Waals surface area contributed by atoms with E-state index in [2.05, 4.69) is 5.32 Å². The minimum absolute atomic E-state index is 0.0451. The van der Waals surface area contributed by atoms with Gasteiger partial charge in [-0.2, -0.15) is 0 Å². The van der Waals surface area contributed by atoms with Gasteiger partial charge in [0.25, 0.3) is 0 Å². The van der Waals surface area contributed by atoms with Crippen molar-refractivity contribution in [2.45, 2.75) is 32.4 Å². The summed E-state index contributed by atoms with van der Waals surface area (Å²) in [6, 6.07) is 12.6. The van der Waals surface area contributed by atoms with Crippen LogP contribution < -0.4 is 15.8 Å². The van der Waals surface area contributed by atoms with Crippen LogP contribution >= 0.6 is 12.2 Å². The molecule has 27 heavy (non-hydrogen) atoms. The summed E-state index contributed by atoms with van der Waals surface area (Å²) in [5.74, 6) is -0.246. The molecule has 0 aliphatic heterocycles. The molecule has 0 saturated carbocycles. The van der Waals surface area contributed by atoms with Crippen LogP contribution in [0.5, 0.6) is 5.75 Å². The van der Waals surface area contributed by atoms with E-state index in [0.29, 0.717) is 12.2 Å². The van der Waals surface area contributed by atoms with Gasteiger partial charge in [-0.3, -0.25) is 9.59 Å². The van der Waals surface area contributed by atoms with Crippen molar-refractivity contribution in [1.82, 2.24) is 5.32 Å². The first-order valence-electron chi connectivity index (χ1n) is 8.40. The fourth-order valence-corrected chi connectivity index (χ4v) is 2.66. The Morgan fingerprint density at radius 1 is 1.19 bits per heavy atom. The smallest absolute Gasteiger partial charge is 0.217 e. The van der Waals surface area contributed by atoms with Gasteiger partial charge in [0, 0.05) is 13.3 Å². The predicted molar refractivity (Wildman–Crippen MR) is 105 cm³/mol. The molecule has 0 heterocycles. The van der Waals surface area contributed by atoms with Gasteiger partial charge in [0.15, 0.2) is 5.78 Å². The number of benzene rings is 2. The van der Waals surface area contributed by atoms with Gasteiger partial charge in [0.1, 0.15) is 29.2 Å². The average Bonchev–Trinajstić information content (AvgIpc) is 2.63. The number of thiocarbonyl (C=S) groups is 1. The largest absolute Gasteiger partial charge is 0.489 e. The summed E-state index contributed by atoms with van der Waals surface area (Å²) in [6.45, 7) is 1.57. The highest BCUT2D eigenvalue weighted by molar-refractivity contribution is 7.80. The van der Waals surface area contributed by atoms with Gasteiger partial charge >= 0.3 is 0 Å². The van der Waals surface area contributed by atoms with E-state index in [1.807, 2.05) is 12.1 Å². The highest BCUT2D eigenvalue weighted by Gasteiger charge is 2.21. The van der Waals surface area contributed by atoms with Gasteiger partial charge in [-0.25, -0.2) is 4.39 Å². The molecule has 2 rings (SSSR count). The normalized spacial score (nSPS) is 11.5. The Bertz CT molecular complexity index is 824. The van der Waals surface area contributed by atoms with Crippen molar-refractivity contribution in [2.24, 2.45) is 5.73 Å². The third-order valence-corrected chi connectivity index (χ3v) is 4.07. The zero-order valence-electron chi connectivity index (χ0n) is 14.9. The molecule has 0 saturated heterocycles. The Morgan fingerprint density at radius 3 is 2.48 bits per heavy atom. The second-order valence-electron chi connectivity index (χ2n) is 6.06. The lowest BCUT2D eigenvalue weighted by atomic mass is 10.0. The second-order valence-corrected chi connectivity index (χ2v) is 6.54. The fourth-order valence-electron chi connectivity index (χ4n) is 2.47. The number of amides is 1. The van der Waals surface area contributed by atoms with Gasteiger partial charge in [-0.15, -0.1) is 0 Å². The number of Topliss-reactive ketones (excluding diaryl/α,β-unsaturated/α-hetero) is 1. The van der Waals surface area contributed by atoms with Crippen LogP contribution in [0.15, 0.2) is 48.5 Å². The lowest BCUT2D eigenvalue weighted by molar-refractivity contribution is -0.125. The minimum atomic E-state index is -0.939. The number of carbonyl (C=O) groups excluding carboxylic acids is 2. The minimum Gasteiger partial charge on any atom is -0.489 e. The van der Waals surface area contributed by atoms with Crippen molar-refractivity contribution in [2.75, 3.05) is 0 Å². The number of ketones is 1. The Kier molecular flexibility index (Phi) is 7.43. The molecular weight excluding hydrogens is 367 g/mol. The Morgan fingerprint density at radius 2 is 1.89 bits per heavy atom. The molecule has 2 aromatic carbocycles. The Labute approximate surface area is 162 Å². The van der Waals surface area contributed by atoms with Crippen molar-refractivity contribution in [3.8, 4) is 5.75 Å². The molecule has 1 unspecified atom stereocenters. The summed E-state index contributed by atoms with van der Waals surface area (Å²) in [5.41, 5.74) is 7.20. The molecule has 0 fully saturated rings. The van der Waals surface area contributed by atoms with Crippen LogP contribution in [0.2, 0.25) is 0 Å². The quantitative estimate of drug-likeness (QED) is 0.646. The average molecular weight is 388 g/mol. The van der Waals surface area contributed by atoms with Crippen LogP contribution in [0.1, 0.15) is 24.5 Å². The van der Waals surface area contributed by atoms with E-state index in [0.717, 1.165) is 11.1 Å². The molecule has 5 nitrogen and oxygen atoms in total. The lowest BCUT2D eigenvalue weighted by Gasteiger charge is -2.15. The number of ether oxygens (including phenoxy) is 1. The van der Waals surface area contributed by atoms with Gasteiger partial charge in [-0.05, 0) is 41.8 Å². The lowest BCUT2D eigenvalue weighted by Crippen LogP contribution is -2.48. The number of carbonyl (C=O) groups is 2. The maximum absolute atomic E-state index is 13.2. The third-order valence-electron chi connectivity index (χ3n) is 3.83. The molecule has 1 atom stereocenters. The third kappa shape index (κ3) is 6.79. The fraction of sp³-hybridized carbons (Fsp3) is 0.250. The molecule has 2 aromatic rings. The van der Waals surface area contributed by atoms with Crippen LogP contribution in [0.4, 0.5) is 4.39 Å². The summed E-state index contributed by atoms with van der Waals surface area (Å²) < 4.78 is 18.8. The number of hydrogen-bond donors (Lipinski definition) is 2. The van der Waals surface area contributed by atoms with E-state index in [-0.39, 0.29) is 35.5 Å². The maximum atomic E-state index is 13.2. The molecule has 0 aliphatic carbocycles. The van der Waals surface area contributed by atoms with Gasteiger partial charge in [0.2, 0.25) is 5.91 Å². The molecule has 0 bridgehead atoms. The molecule has 1 amide bonds. The maximum Gasteiger partial charge on any atom is 0.217 e. The van der Waals surface area contributed by atoms with E-state index >= 15 is 0 Å². The molecule has 0 aromatic heterocycles. The van der Waals surface area contributed by atoms with Crippen molar-refractivity contribution in [1.29, 1.82) is 0 Å². The van der Waals surface area contributed by atoms with E-state index in [9.17, 15) is 14.0 Å². The van der Waals surface area contributed by atoms with Crippen molar-refractivity contribution < 1.29 is 18.7 Å². The van der Waals surface area contributed by atoms with Gasteiger partial charge in [-0.1, -0.05) is 36.5 Å². The highest BCUT2D eigenvalue weighted by Crippen LogP contribution is 2.16. The summed E-state index contributed by atoms with van der Waals surface area (Å²) in [5, 5.41) is 2.46. The van der Waals surface area contributed by atoms with Crippen molar-refractivity contribution >= 4 is 28.9 Å². The SMILES string of the molecule is CC(=O)NC(C(=O)CCc1ccc(OCc2cccc(F)c2)cc1)C(N)=S. The van der Waals surface area contributed by atoms with Gasteiger partial charge < -0.3 is 15.8 Å². The van der Waals surface area contributed by atoms with Crippen LogP contribution in [0.25, 0.3) is 0 Å². The van der Waals surface area contributed by atoms with Crippen LogP contribution in [-0.4, -0.2) is 22.7 Å². The standard InChI is InChI=1S/C20H21FN2O3S/c1-13(24)23-19(20(22)27)18(25)10-7-14-5-8-17(9-6-14)26-12-15-3-2-4-16(21)11-15/h2-6,8-9,11,19H,7,10,12H2,1H3,(H2,22,27)(H,23,24). The van der Waals surface area contributed by atoms with E-state index in [1.165, 1.54) is 19.1 Å². The molecule has 7 heteroatoms. The molecule has 0 radical (unpaired) electrons.